The van der Waals surface area contributed by atoms with Crippen molar-refractivity contribution in [3.8, 4) is 11.8 Å². The fraction of sp³-hybridized carbons (Fsp3) is 0.188. The van der Waals surface area contributed by atoms with Crippen LogP contribution in [0.5, 0.6) is 5.75 Å². The summed E-state index contributed by atoms with van der Waals surface area (Å²) in [5.74, 6) is 0.0373. The molecule has 2 rings (SSSR count). The molecule has 124 valence electrons. The third-order valence-corrected chi connectivity index (χ3v) is 3.12. The number of aliphatic hydroxyl groups is 1. The van der Waals surface area contributed by atoms with Crippen molar-refractivity contribution in [2.45, 2.75) is 6.10 Å². The fourth-order valence-electron chi connectivity index (χ4n) is 1.90. The first kappa shape index (κ1) is 17.2. The Hall–Kier alpha value is -3.18. The van der Waals surface area contributed by atoms with E-state index in [9.17, 15) is 19.6 Å². The van der Waals surface area contributed by atoms with Gasteiger partial charge in [0, 0.05) is 18.7 Å². The number of aliphatic hydroxyl groups excluding tert-OH is 1. The summed E-state index contributed by atoms with van der Waals surface area (Å²) in [5.41, 5.74) is 0.303. The normalized spacial score (nSPS) is 11.4. The molecule has 1 unspecified atom stereocenters. The van der Waals surface area contributed by atoms with Gasteiger partial charge in [-0.05, 0) is 30.3 Å². The first-order valence-corrected chi connectivity index (χ1v) is 6.98. The Kier molecular flexibility index (Phi) is 5.65. The number of nitrogens with one attached hydrogen (secondary N) is 1. The first-order chi connectivity index (χ1) is 11.5. The van der Waals surface area contributed by atoms with Crippen molar-refractivity contribution in [3.05, 3.63) is 64.0 Å². The number of halogens is 1. The smallest absolute Gasteiger partial charge is 0.270 e. The maximum absolute atomic E-state index is 12.8. The number of anilines is 1. The van der Waals surface area contributed by atoms with Gasteiger partial charge in [0.1, 0.15) is 30.3 Å². The molecular formula is C16H14FN3O4. The van der Waals surface area contributed by atoms with Crippen LogP contribution in [0.3, 0.4) is 0 Å². The van der Waals surface area contributed by atoms with E-state index in [0.29, 0.717) is 11.4 Å². The molecule has 0 aromatic heterocycles. The Morgan fingerprint density at radius 1 is 1.33 bits per heavy atom. The van der Waals surface area contributed by atoms with E-state index in [0.717, 1.165) is 6.07 Å². The van der Waals surface area contributed by atoms with Gasteiger partial charge in [0.2, 0.25) is 0 Å². The lowest BCUT2D eigenvalue weighted by Gasteiger charge is -2.14. The molecule has 2 aromatic rings. The number of ether oxygens (including phenoxy) is 1. The number of benzene rings is 2. The molecule has 2 N–H and O–H groups in total. The second-order valence-corrected chi connectivity index (χ2v) is 4.90. The standard InChI is InChI=1S/C16H14FN3O4/c17-12-1-4-15(5-2-12)24-10-14(21)9-19-16-6-3-13(20(22)23)7-11(16)8-18/h1-7,14,19,21H,9-10H2. The number of non-ortho nitro benzene ring substituents is 1. The van der Waals surface area contributed by atoms with Gasteiger partial charge in [-0.3, -0.25) is 10.1 Å². The molecule has 0 saturated carbocycles. The second kappa shape index (κ2) is 7.89. The van der Waals surface area contributed by atoms with E-state index in [2.05, 4.69) is 5.32 Å². The van der Waals surface area contributed by atoms with E-state index in [1.165, 1.54) is 36.4 Å². The molecule has 0 heterocycles. The SMILES string of the molecule is N#Cc1cc([N+](=O)[O-])ccc1NCC(O)COc1ccc(F)cc1. The van der Waals surface area contributed by atoms with Gasteiger partial charge in [-0.15, -0.1) is 0 Å². The maximum atomic E-state index is 12.8. The number of nitro benzene ring substituents is 1. The summed E-state index contributed by atoms with van der Waals surface area (Å²) in [6.07, 6.45) is -0.892. The molecule has 0 aliphatic carbocycles. The van der Waals surface area contributed by atoms with E-state index in [1.54, 1.807) is 0 Å². The average Bonchev–Trinajstić information content (AvgIpc) is 2.59. The van der Waals surface area contributed by atoms with Crippen molar-refractivity contribution in [1.82, 2.24) is 0 Å². The zero-order valence-electron chi connectivity index (χ0n) is 12.5. The summed E-state index contributed by atoms with van der Waals surface area (Å²) in [7, 11) is 0. The molecule has 0 spiro atoms. The van der Waals surface area contributed by atoms with Gasteiger partial charge in [0.25, 0.3) is 5.69 Å². The molecule has 0 radical (unpaired) electrons. The molecule has 24 heavy (non-hydrogen) atoms. The van der Waals surface area contributed by atoms with Crippen LogP contribution in [0.25, 0.3) is 0 Å². The third kappa shape index (κ3) is 4.66. The van der Waals surface area contributed by atoms with Crippen LogP contribution in [0.15, 0.2) is 42.5 Å². The topological polar surface area (TPSA) is 108 Å². The minimum atomic E-state index is -0.892. The van der Waals surface area contributed by atoms with Gasteiger partial charge in [-0.25, -0.2) is 4.39 Å². The quantitative estimate of drug-likeness (QED) is 0.596. The van der Waals surface area contributed by atoms with E-state index in [-0.39, 0.29) is 30.2 Å². The summed E-state index contributed by atoms with van der Waals surface area (Å²) in [5, 5.41) is 32.4. The van der Waals surface area contributed by atoms with Crippen LogP contribution in [-0.2, 0) is 0 Å². The molecular weight excluding hydrogens is 317 g/mol. The fourth-order valence-corrected chi connectivity index (χ4v) is 1.90. The van der Waals surface area contributed by atoms with Gasteiger partial charge in [-0.1, -0.05) is 0 Å². The van der Waals surface area contributed by atoms with Crippen molar-refractivity contribution in [2.24, 2.45) is 0 Å². The second-order valence-electron chi connectivity index (χ2n) is 4.90. The lowest BCUT2D eigenvalue weighted by molar-refractivity contribution is -0.384. The van der Waals surface area contributed by atoms with Crippen LogP contribution in [0.1, 0.15) is 5.56 Å². The molecule has 0 bridgehead atoms. The zero-order chi connectivity index (χ0) is 17.5. The number of rotatable bonds is 7. The number of nitro groups is 1. The number of hydrogen-bond donors (Lipinski definition) is 2. The molecule has 0 aliphatic heterocycles. The molecule has 0 saturated heterocycles. The number of hydrogen-bond acceptors (Lipinski definition) is 6. The van der Waals surface area contributed by atoms with Gasteiger partial charge >= 0.3 is 0 Å². The van der Waals surface area contributed by atoms with Crippen LogP contribution in [0.2, 0.25) is 0 Å². The summed E-state index contributed by atoms with van der Waals surface area (Å²) < 4.78 is 18.1. The summed E-state index contributed by atoms with van der Waals surface area (Å²) in [4.78, 5) is 10.1. The van der Waals surface area contributed by atoms with E-state index < -0.39 is 11.0 Å². The zero-order valence-corrected chi connectivity index (χ0v) is 12.5. The predicted octanol–water partition coefficient (Wildman–Crippen LogP) is 2.46. The minimum absolute atomic E-state index is 0.0342. The Morgan fingerprint density at radius 3 is 2.67 bits per heavy atom. The van der Waals surface area contributed by atoms with Crippen LogP contribution in [0, 0.1) is 27.3 Å². The number of nitriles is 1. The van der Waals surface area contributed by atoms with Crippen molar-refractivity contribution in [3.63, 3.8) is 0 Å². The Balaban J connectivity index is 1.89. The first-order valence-electron chi connectivity index (χ1n) is 6.98. The van der Waals surface area contributed by atoms with Crippen molar-refractivity contribution < 1.29 is 19.2 Å². The largest absolute Gasteiger partial charge is 0.491 e. The molecule has 0 aliphatic rings. The third-order valence-electron chi connectivity index (χ3n) is 3.12. The van der Waals surface area contributed by atoms with Gasteiger partial charge in [-0.2, -0.15) is 5.26 Å². The lowest BCUT2D eigenvalue weighted by Crippen LogP contribution is -2.26. The highest BCUT2D eigenvalue weighted by Crippen LogP contribution is 2.21. The predicted molar refractivity (Wildman–Crippen MR) is 84.2 cm³/mol. The van der Waals surface area contributed by atoms with Crippen molar-refractivity contribution >= 4 is 11.4 Å². The molecule has 1 atom stereocenters. The molecule has 8 heteroatoms. The molecule has 7 nitrogen and oxygen atoms in total. The van der Waals surface area contributed by atoms with Crippen LogP contribution in [0.4, 0.5) is 15.8 Å². The molecule has 2 aromatic carbocycles. The average molecular weight is 331 g/mol. The van der Waals surface area contributed by atoms with Crippen LogP contribution < -0.4 is 10.1 Å². The van der Waals surface area contributed by atoms with Crippen molar-refractivity contribution in [2.75, 3.05) is 18.5 Å². The Morgan fingerprint density at radius 2 is 2.04 bits per heavy atom. The Labute approximate surface area is 137 Å². The van der Waals surface area contributed by atoms with E-state index in [4.69, 9.17) is 10.00 Å². The summed E-state index contributed by atoms with van der Waals surface area (Å²) >= 11 is 0. The highest BCUT2D eigenvalue weighted by atomic mass is 19.1. The lowest BCUT2D eigenvalue weighted by atomic mass is 10.1. The van der Waals surface area contributed by atoms with Gasteiger partial charge in [0.15, 0.2) is 0 Å². The maximum Gasteiger partial charge on any atom is 0.270 e. The van der Waals surface area contributed by atoms with Gasteiger partial charge in [0.05, 0.1) is 16.2 Å². The van der Waals surface area contributed by atoms with Gasteiger partial charge < -0.3 is 15.2 Å². The number of nitrogens with zero attached hydrogens (tertiary/aromatic N) is 2. The monoisotopic (exact) mass is 331 g/mol. The Bertz CT molecular complexity index is 759. The van der Waals surface area contributed by atoms with E-state index in [1.807, 2.05) is 6.07 Å². The van der Waals surface area contributed by atoms with Crippen LogP contribution >= 0.6 is 0 Å². The molecule has 0 fully saturated rings. The van der Waals surface area contributed by atoms with Crippen molar-refractivity contribution in [1.29, 1.82) is 5.26 Å². The highest BCUT2D eigenvalue weighted by Gasteiger charge is 2.12. The highest BCUT2D eigenvalue weighted by molar-refractivity contribution is 5.61. The van der Waals surface area contributed by atoms with Crippen LogP contribution in [-0.4, -0.2) is 29.3 Å². The van der Waals surface area contributed by atoms with E-state index >= 15 is 0 Å². The summed E-state index contributed by atoms with van der Waals surface area (Å²) in [6, 6.07) is 11.1. The minimum Gasteiger partial charge on any atom is -0.491 e. The summed E-state index contributed by atoms with van der Waals surface area (Å²) in [6.45, 7) is 0.0428. The molecule has 0 amide bonds.